The van der Waals surface area contributed by atoms with E-state index in [1.807, 2.05) is 18.2 Å². The van der Waals surface area contributed by atoms with E-state index in [2.05, 4.69) is 25.5 Å². The van der Waals surface area contributed by atoms with Gasteiger partial charge in [-0.15, -0.1) is 0 Å². The van der Waals surface area contributed by atoms with E-state index in [0.717, 1.165) is 11.1 Å². The van der Waals surface area contributed by atoms with Crippen LogP contribution in [0.2, 0.25) is 5.82 Å². The summed E-state index contributed by atoms with van der Waals surface area (Å²) in [5.41, 5.74) is 3.80. The Kier molecular flexibility index (Phi) is 6.78. The molecule has 0 atom stereocenters. The summed E-state index contributed by atoms with van der Waals surface area (Å²) in [6.07, 6.45) is 12.1. The fourth-order valence-corrected chi connectivity index (χ4v) is 3.92. The lowest BCUT2D eigenvalue weighted by molar-refractivity contribution is 0.475. The summed E-state index contributed by atoms with van der Waals surface area (Å²) in [6.45, 7) is 0. The van der Waals surface area contributed by atoms with Crippen LogP contribution in [0.4, 0.5) is 0 Å². The van der Waals surface area contributed by atoms with Gasteiger partial charge in [-0.2, -0.15) is 5.26 Å². The fraction of sp³-hybridized carbons (Fsp3) is 0.435. The maximum Gasteiger partial charge on any atom is 0.155 e. The Morgan fingerprint density at radius 3 is 2.08 bits per heavy atom. The van der Waals surface area contributed by atoms with Crippen molar-refractivity contribution in [2.24, 2.45) is 0 Å². The van der Waals surface area contributed by atoms with E-state index >= 15 is 0 Å². The average Bonchev–Trinajstić information content (AvgIpc) is 2.67. The SMILES string of the molecule is N#Cc1ccc([B]C2CCCCCCCCC2)cc1-c1ccc(O)cc1. The Labute approximate surface area is 158 Å². The number of nitrogens with zero attached hydrogens (tertiary/aromatic N) is 1. The van der Waals surface area contributed by atoms with Crippen molar-refractivity contribution >= 4 is 12.7 Å². The fourth-order valence-electron chi connectivity index (χ4n) is 3.92. The normalized spacial score (nSPS) is 16.6. The van der Waals surface area contributed by atoms with Gasteiger partial charge in [0, 0.05) is 0 Å². The number of aromatic hydroxyl groups is 1. The Morgan fingerprint density at radius 1 is 0.846 bits per heavy atom. The van der Waals surface area contributed by atoms with Crippen LogP contribution >= 0.6 is 0 Å². The first-order valence-corrected chi connectivity index (χ1v) is 9.95. The number of benzene rings is 2. The molecule has 0 spiro atoms. The maximum absolute atomic E-state index is 9.52. The molecule has 1 aliphatic rings. The highest BCUT2D eigenvalue weighted by atomic mass is 16.3. The topological polar surface area (TPSA) is 44.0 Å². The number of nitriles is 1. The molecule has 0 aromatic heterocycles. The monoisotopic (exact) mass is 344 g/mol. The summed E-state index contributed by atoms with van der Waals surface area (Å²) < 4.78 is 0. The molecule has 0 heterocycles. The lowest BCUT2D eigenvalue weighted by atomic mass is 9.55. The lowest BCUT2D eigenvalue weighted by Crippen LogP contribution is -2.20. The largest absolute Gasteiger partial charge is 0.508 e. The third kappa shape index (κ3) is 5.15. The van der Waals surface area contributed by atoms with Gasteiger partial charge in [0.05, 0.1) is 11.6 Å². The average molecular weight is 344 g/mol. The van der Waals surface area contributed by atoms with E-state index in [1.165, 1.54) is 63.3 Å². The Balaban J connectivity index is 1.78. The van der Waals surface area contributed by atoms with Crippen LogP contribution in [0.15, 0.2) is 42.5 Å². The van der Waals surface area contributed by atoms with Gasteiger partial charge in [-0.05, 0) is 29.3 Å². The second-order valence-corrected chi connectivity index (χ2v) is 7.44. The minimum absolute atomic E-state index is 0.247. The number of rotatable bonds is 3. The van der Waals surface area contributed by atoms with Gasteiger partial charge >= 0.3 is 0 Å². The first-order valence-electron chi connectivity index (χ1n) is 9.95. The molecule has 3 heteroatoms. The molecule has 1 saturated carbocycles. The molecule has 1 radical (unpaired) electrons. The van der Waals surface area contributed by atoms with E-state index in [-0.39, 0.29) is 5.75 Å². The summed E-state index contributed by atoms with van der Waals surface area (Å²) in [5, 5.41) is 19.0. The molecule has 2 aromatic carbocycles. The van der Waals surface area contributed by atoms with Crippen LogP contribution in [0, 0.1) is 11.3 Å². The summed E-state index contributed by atoms with van der Waals surface area (Å²) in [5.74, 6) is 0.880. The number of hydrogen-bond donors (Lipinski definition) is 1. The number of phenols is 1. The maximum atomic E-state index is 9.52. The molecule has 26 heavy (non-hydrogen) atoms. The highest BCUT2D eigenvalue weighted by Crippen LogP contribution is 2.27. The highest BCUT2D eigenvalue weighted by molar-refractivity contribution is 6.55. The van der Waals surface area contributed by atoms with Crippen molar-refractivity contribution in [2.75, 3.05) is 0 Å². The molecule has 2 aromatic rings. The molecular weight excluding hydrogens is 317 g/mol. The molecular formula is C23H27BNO. The zero-order valence-corrected chi connectivity index (χ0v) is 15.5. The van der Waals surface area contributed by atoms with E-state index < -0.39 is 0 Å². The smallest absolute Gasteiger partial charge is 0.155 e. The van der Waals surface area contributed by atoms with E-state index in [0.29, 0.717) is 11.4 Å². The summed E-state index contributed by atoms with van der Waals surface area (Å²) in [6, 6.07) is 15.5. The predicted molar refractivity (Wildman–Crippen MR) is 109 cm³/mol. The van der Waals surface area contributed by atoms with Gasteiger partial charge < -0.3 is 5.11 Å². The minimum atomic E-state index is 0.247. The molecule has 133 valence electrons. The van der Waals surface area contributed by atoms with Crippen molar-refractivity contribution in [2.45, 2.75) is 63.6 Å². The molecule has 2 nitrogen and oxygen atoms in total. The third-order valence-electron chi connectivity index (χ3n) is 5.42. The van der Waals surface area contributed by atoms with Crippen LogP contribution < -0.4 is 5.46 Å². The predicted octanol–water partition coefficient (Wildman–Crippen LogP) is 5.57. The van der Waals surface area contributed by atoms with Gasteiger partial charge in [0.1, 0.15) is 5.75 Å². The van der Waals surface area contributed by atoms with E-state index in [9.17, 15) is 10.4 Å². The van der Waals surface area contributed by atoms with Crippen LogP contribution in [-0.4, -0.2) is 12.4 Å². The molecule has 1 fully saturated rings. The molecule has 1 N–H and O–H groups in total. The van der Waals surface area contributed by atoms with Gasteiger partial charge in [0.2, 0.25) is 0 Å². The highest BCUT2D eigenvalue weighted by Gasteiger charge is 2.14. The van der Waals surface area contributed by atoms with Crippen molar-refractivity contribution in [3.05, 3.63) is 48.0 Å². The third-order valence-corrected chi connectivity index (χ3v) is 5.42. The lowest BCUT2D eigenvalue weighted by Gasteiger charge is -2.18. The first-order chi connectivity index (χ1) is 12.8. The Hall–Kier alpha value is -2.21. The van der Waals surface area contributed by atoms with Crippen molar-refractivity contribution in [3.8, 4) is 22.9 Å². The molecule has 1 aliphatic carbocycles. The summed E-state index contributed by atoms with van der Waals surface area (Å²) >= 11 is 0. The van der Waals surface area contributed by atoms with Crippen LogP contribution in [-0.2, 0) is 0 Å². The molecule has 0 amide bonds. The van der Waals surface area contributed by atoms with Gasteiger partial charge in [-0.1, -0.05) is 93.3 Å². The Bertz CT molecular complexity index is 738. The minimum Gasteiger partial charge on any atom is -0.508 e. The van der Waals surface area contributed by atoms with Gasteiger partial charge in [-0.3, -0.25) is 0 Å². The van der Waals surface area contributed by atoms with Crippen LogP contribution in [0.1, 0.15) is 63.4 Å². The summed E-state index contributed by atoms with van der Waals surface area (Å²) in [4.78, 5) is 0. The van der Waals surface area contributed by atoms with Gasteiger partial charge in [0.25, 0.3) is 0 Å². The summed E-state index contributed by atoms with van der Waals surface area (Å²) in [7, 11) is 2.41. The van der Waals surface area contributed by atoms with Gasteiger partial charge in [0.15, 0.2) is 7.28 Å². The molecule has 0 saturated heterocycles. The second kappa shape index (κ2) is 9.48. The van der Waals surface area contributed by atoms with Crippen molar-refractivity contribution < 1.29 is 5.11 Å². The Morgan fingerprint density at radius 2 is 1.46 bits per heavy atom. The van der Waals surface area contributed by atoms with E-state index in [1.54, 1.807) is 12.1 Å². The van der Waals surface area contributed by atoms with Crippen LogP contribution in [0.5, 0.6) is 5.75 Å². The molecule has 3 rings (SSSR count). The van der Waals surface area contributed by atoms with Crippen LogP contribution in [0.25, 0.3) is 11.1 Å². The zero-order valence-electron chi connectivity index (χ0n) is 15.5. The standard InChI is InChI=1S/C23H27BNO/c25-17-19-10-13-21(16-23(19)18-11-14-22(26)15-12-18)24-20-8-6-4-2-1-3-5-7-9-20/h10-16,20,26H,1-9H2. The van der Waals surface area contributed by atoms with Crippen molar-refractivity contribution in [1.29, 1.82) is 5.26 Å². The zero-order chi connectivity index (χ0) is 18.2. The first kappa shape index (κ1) is 18.6. The quantitative estimate of drug-likeness (QED) is 0.740. The molecule has 0 unspecified atom stereocenters. The van der Waals surface area contributed by atoms with Crippen molar-refractivity contribution in [3.63, 3.8) is 0 Å². The molecule has 0 bridgehead atoms. The second-order valence-electron chi connectivity index (χ2n) is 7.44. The number of phenolic OH excluding ortho intramolecular Hbond substituents is 1. The number of hydrogen-bond acceptors (Lipinski definition) is 2. The van der Waals surface area contributed by atoms with Gasteiger partial charge in [-0.25, -0.2) is 0 Å². The van der Waals surface area contributed by atoms with E-state index in [4.69, 9.17) is 0 Å². The van der Waals surface area contributed by atoms with Crippen molar-refractivity contribution in [1.82, 2.24) is 0 Å². The molecule has 0 aliphatic heterocycles. The van der Waals surface area contributed by atoms with Crippen LogP contribution in [0.3, 0.4) is 0 Å².